The number of benzene rings is 2. The van der Waals surface area contributed by atoms with E-state index in [-0.39, 0.29) is 20.1 Å². The summed E-state index contributed by atoms with van der Waals surface area (Å²) in [6.45, 7) is 0. The van der Waals surface area contributed by atoms with Gasteiger partial charge in [-0.25, -0.2) is 4.98 Å². The van der Waals surface area contributed by atoms with Crippen molar-refractivity contribution in [3.63, 3.8) is 0 Å². The Labute approximate surface area is 189 Å². The van der Waals surface area contributed by atoms with Crippen LogP contribution in [0.1, 0.15) is 0 Å². The molecule has 0 aliphatic carbocycles. The van der Waals surface area contributed by atoms with Crippen LogP contribution < -0.4 is 0 Å². The van der Waals surface area contributed by atoms with Crippen LogP contribution in [-0.2, 0) is 20.1 Å². The van der Waals surface area contributed by atoms with Gasteiger partial charge in [-0.15, -0.1) is 71.8 Å². The molecular weight excluding hydrogens is 551 g/mol. The average molecular weight is 568 g/mol. The number of pyridine rings is 2. The largest absolute Gasteiger partial charge is 0.445 e. The van der Waals surface area contributed by atoms with Crippen LogP contribution >= 0.6 is 0 Å². The standard InChI is InChI=1S/C14H9N2O.C11H8N.Ir/c1-2-4-11(5-3-1)13-10-12(6-7-15-13)14-16-8-9-17-14;1-2-6-10(7-3-1)11-8-4-5-9-12-11;/h1-4,6-10H;1-6,8-9H;/q2*-1;. The van der Waals surface area contributed by atoms with Gasteiger partial charge in [-0.3, -0.25) is 0 Å². The minimum absolute atomic E-state index is 0. The van der Waals surface area contributed by atoms with E-state index in [9.17, 15) is 0 Å². The molecule has 4 nitrogen and oxygen atoms in total. The van der Waals surface area contributed by atoms with Crippen molar-refractivity contribution in [1.29, 1.82) is 0 Å². The van der Waals surface area contributed by atoms with E-state index in [4.69, 9.17) is 4.42 Å². The molecule has 0 aliphatic rings. The molecule has 5 rings (SSSR count). The SMILES string of the molecule is [Ir].[c-]1ccccc1-c1cc(-c2ncco2)ccn1.[c-]1ccccc1-c1ccccn1. The second kappa shape index (κ2) is 11.0. The van der Waals surface area contributed by atoms with Gasteiger partial charge < -0.3 is 14.4 Å². The van der Waals surface area contributed by atoms with Crippen molar-refractivity contribution in [2.75, 3.05) is 0 Å². The van der Waals surface area contributed by atoms with Crippen molar-refractivity contribution >= 4 is 0 Å². The molecule has 2 aromatic carbocycles. The zero-order chi connectivity index (χ0) is 19.7. The Hall–Kier alpha value is -3.40. The Kier molecular flexibility index (Phi) is 7.78. The summed E-state index contributed by atoms with van der Waals surface area (Å²) < 4.78 is 5.26. The molecule has 0 saturated heterocycles. The van der Waals surface area contributed by atoms with Gasteiger partial charge in [-0.05, 0) is 23.5 Å². The van der Waals surface area contributed by atoms with Gasteiger partial charge >= 0.3 is 0 Å². The molecule has 149 valence electrons. The van der Waals surface area contributed by atoms with Gasteiger partial charge in [0.1, 0.15) is 6.26 Å². The maximum Gasteiger partial charge on any atom is 0.225 e. The number of hydrogen-bond donors (Lipinski definition) is 0. The van der Waals surface area contributed by atoms with E-state index in [0.29, 0.717) is 5.89 Å². The molecule has 0 N–H and O–H groups in total. The molecule has 3 heterocycles. The van der Waals surface area contributed by atoms with E-state index in [1.807, 2.05) is 78.9 Å². The minimum atomic E-state index is 0. The van der Waals surface area contributed by atoms with Crippen molar-refractivity contribution in [3.05, 3.63) is 116 Å². The van der Waals surface area contributed by atoms with Crippen molar-refractivity contribution in [1.82, 2.24) is 15.0 Å². The summed E-state index contributed by atoms with van der Waals surface area (Å²) in [6, 6.07) is 31.5. The van der Waals surface area contributed by atoms with Crippen LogP contribution in [0.25, 0.3) is 34.0 Å². The van der Waals surface area contributed by atoms with Crippen LogP contribution in [0, 0.1) is 12.1 Å². The van der Waals surface area contributed by atoms with Crippen molar-refractivity contribution in [2.45, 2.75) is 0 Å². The van der Waals surface area contributed by atoms with Gasteiger partial charge in [0, 0.05) is 38.1 Å². The zero-order valence-corrected chi connectivity index (χ0v) is 18.3. The third kappa shape index (κ3) is 5.57. The molecule has 5 aromatic rings. The normalized spacial score (nSPS) is 9.73. The molecule has 0 saturated carbocycles. The second-order valence-electron chi connectivity index (χ2n) is 6.03. The molecule has 0 bridgehead atoms. The Morgan fingerprint density at radius 2 is 1.33 bits per heavy atom. The van der Waals surface area contributed by atoms with Crippen LogP contribution in [0.3, 0.4) is 0 Å². The van der Waals surface area contributed by atoms with Crippen molar-refractivity contribution in [2.24, 2.45) is 0 Å². The maximum absolute atomic E-state index is 5.26. The quantitative estimate of drug-likeness (QED) is 0.261. The fourth-order valence-corrected chi connectivity index (χ4v) is 2.70. The van der Waals surface area contributed by atoms with Crippen LogP contribution in [0.2, 0.25) is 0 Å². The Morgan fingerprint density at radius 3 is 1.93 bits per heavy atom. The summed E-state index contributed by atoms with van der Waals surface area (Å²) in [5.41, 5.74) is 4.75. The summed E-state index contributed by atoms with van der Waals surface area (Å²) in [7, 11) is 0. The third-order valence-corrected chi connectivity index (χ3v) is 4.07. The van der Waals surface area contributed by atoms with Gasteiger partial charge in [-0.2, -0.15) is 0 Å². The summed E-state index contributed by atoms with van der Waals surface area (Å²) in [6.07, 6.45) is 6.72. The molecule has 30 heavy (non-hydrogen) atoms. The number of hydrogen-bond acceptors (Lipinski definition) is 4. The van der Waals surface area contributed by atoms with E-state index >= 15 is 0 Å². The van der Waals surface area contributed by atoms with Gasteiger partial charge in [0.2, 0.25) is 5.89 Å². The number of oxazole rings is 1. The average Bonchev–Trinajstić information content (AvgIpc) is 3.37. The van der Waals surface area contributed by atoms with Crippen LogP contribution in [0.4, 0.5) is 0 Å². The maximum atomic E-state index is 5.26. The van der Waals surface area contributed by atoms with E-state index in [1.54, 1.807) is 24.9 Å². The van der Waals surface area contributed by atoms with Crippen molar-refractivity contribution < 1.29 is 24.5 Å². The first-order valence-electron chi connectivity index (χ1n) is 9.11. The fraction of sp³-hybridized carbons (Fsp3) is 0. The summed E-state index contributed by atoms with van der Waals surface area (Å²) in [4.78, 5) is 12.7. The predicted molar refractivity (Wildman–Crippen MR) is 113 cm³/mol. The number of nitrogens with zero attached hydrogens (tertiary/aromatic N) is 3. The van der Waals surface area contributed by atoms with Gasteiger partial charge in [-0.1, -0.05) is 18.2 Å². The molecule has 0 atom stereocenters. The van der Waals surface area contributed by atoms with Crippen LogP contribution in [0.15, 0.2) is 108 Å². The monoisotopic (exact) mass is 568 g/mol. The number of aromatic nitrogens is 3. The zero-order valence-electron chi connectivity index (χ0n) is 15.9. The summed E-state index contributed by atoms with van der Waals surface area (Å²) in [5, 5.41) is 0. The first-order valence-corrected chi connectivity index (χ1v) is 9.11. The first kappa shape index (κ1) is 21.3. The number of rotatable bonds is 3. The molecule has 0 aliphatic heterocycles. The van der Waals surface area contributed by atoms with Crippen molar-refractivity contribution in [3.8, 4) is 34.0 Å². The van der Waals surface area contributed by atoms with Gasteiger partial charge in [0.25, 0.3) is 0 Å². The molecule has 1 radical (unpaired) electrons. The minimum Gasteiger partial charge on any atom is -0.445 e. The predicted octanol–water partition coefficient (Wildman–Crippen LogP) is 5.75. The second-order valence-corrected chi connectivity index (χ2v) is 6.03. The van der Waals surface area contributed by atoms with Crippen LogP contribution in [-0.4, -0.2) is 15.0 Å². The van der Waals surface area contributed by atoms with E-state index in [2.05, 4.69) is 27.1 Å². The van der Waals surface area contributed by atoms with Gasteiger partial charge in [0.05, 0.1) is 6.20 Å². The topological polar surface area (TPSA) is 51.8 Å². The summed E-state index contributed by atoms with van der Waals surface area (Å²) in [5.74, 6) is 0.601. The Bertz CT molecular complexity index is 1100. The molecular formula is C25H17IrN3O-2. The molecule has 3 aromatic heterocycles. The Balaban J connectivity index is 0.000000175. The van der Waals surface area contributed by atoms with Crippen LogP contribution in [0.5, 0.6) is 0 Å². The molecule has 0 unspecified atom stereocenters. The summed E-state index contributed by atoms with van der Waals surface area (Å²) >= 11 is 0. The fourth-order valence-electron chi connectivity index (χ4n) is 2.70. The third-order valence-electron chi connectivity index (χ3n) is 4.07. The smallest absolute Gasteiger partial charge is 0.225 e. The molecule has 5 heteroatoms. The molecule has 0 amide bonds. The van der Waals surface area contributed by atoms with E-state index in [1.165, 1.54) is 0 Å². The Morgan fingerprint density at radius 1 is 0.633 bits per heavy atom. The van der Waals surface area contributed by atoms with E-state index < -0.39 is 0 Å². The van der Waals surface area contributed by atoms with Gasteiger partial charge in [0.15, 0.2) is 0 Å². The molecule has 0 spiro atoms. The molecule has 0 fully saturated rings. The van der Waals surface area contributed by atoms with E-state index in [0.717, 1.165) is 28.1 Å². The first-order chi connectivity index (χ1) is 14.4.